The van der Waals surface area contributed by atoms with Crippen molar-refractivity contribution in [3.8, 4) is 5.69 Å². The Morgan fingerprint density at radius 3 is 2.60 bits per heavy atom. The maximum Gasteiger partial charge on any atom is 0.266 e. The number of nitrogens with zero attached hydrogens (tertiary/aromatic N) is 5. The van der Waals surface area contributed by atoms with Crippen molar-refractivity contribution in [3.05, 3.63) is 58.9 Å². The van der Waals surface area contributed by atoms with E-state index in [1.165, 1.54) is 26.2 Å². The van der Waals surface area contributed by atoms with Crippen LogP contribution < -0.4 is 10.9 Å². The Bertz CT molecular complexity index is 1300. The number of pyridine rings is 1. The molecule has 1 fully saturated rings. The van der Waals surface area contributed by atoms with Crippen LogP contribution in [0.4, 0.5) is 5.69 Å². The minimum absolute atomic E-state index is 0.138. The highest BCUT2D eigenvalue weighted by Crippen LogP contribution is 2.31. The molecule has 3 aromatic heterocycles. The van der Waals surface area contributed by atoms with Gasteiger partial charge in [0.2, 0.25) is 5.91 Å². The number of anilines is 1. The second-order valence-corrected chi connectivity index (χ2v) is 7.79. The van der Waals surface area contributed by atoms with Crippen LogP contribution in [0.15, 0.2) is 47.5 Å². The summed E-state index contributed by atoms with van der Waals surface area (Å²) in [6.07, 6.45) is 9.22. The first-order chi connectivity index (χ1) is 14.6. The van der Waals surface area contributed by atoms with Gasteiger partial charge in [-0.2, -0.15) is 9.50 Å². The van der Waals surface area contributed by atoms with Crippen LogP contribution in [0.3, 0.4) is 0 Å². The van der Waals surface area contributed by atoms with Crippen molar-refractivity contribution in [2.75, 3.05) is 5.32 Å². The van der Waals surface area contributed by atoms with E-state index >= 15 is 0 Å². The molecule has 1 aliphatic rings. The second kappa shape index (κ2) is 7.37. The first-order valence-corrected chi connectivity index (χ1v) is 10.3. The minimum Gasteiger partial charge on any atom is -0.326 e. The third-order valence-electron chi connectivity index (χ3n) is 5.69. The van der Waals surface area contributed by atoms with E-state index in [-0.39, 0.29) is 11.5 Å². The monoisotopic (exact) mass is 402 g/mol. The molecule has 152 valence electrons. The predicted molar refractivity (Wildman–Crippen MR) is 114 cm³/mol. The molecule has 4 aromatic rings. The summed E-state index contributed by atoms with van der Waals surface area (Å²) in [6, 6.07) is 8.99. The van der Waals surface area contributed by atoms with Crippen LogP contribution in [0, 0.1) is 0 Å². The SMILES string of the molecule is CC(=O)Nc1ccc(-n2ccc3c(cnc4nc(C5CCCCC5)nn43)c2=O)cc1. The van der Waals surface area contributed by atoms with Crippen molar-refractivity contribution in [1.82, 2.24) is 24.1 Å². The number of amides is 1. The molecule has 0 unspecified atom stereocenters. The van der Waals surface area contributed by atoms with E-state index in [9.17, 15) is 9.59 Å². The average molecular weight is 402 g/mol. The van der Waals surface area contributed by atoms with Gasteiger partial charge in [0, 0.05) is 36.6 Å². The number of fused-ring (bicyclic) bond motifs is 3. The van der Waals surface area contributed by atoms with Crippen LogP contribution in [0.25, 0.3) is 22.4 Å². The van der Waals surface area contributed by atoms with Crippen LogP contribution in [0.2, 0.25) is 0 Å². The van der Waals surface area contributed by atoms with Crippen LogP contribution >= 0.6 is 0 Å². The lowest BCUT2D eigenvalue weighted by Gasteiger charge is -2.17. The van der Waals surface area contributed by atoms with Gasteiger partial charge in [-0.25, -0.2) is 4.98 Å². The van der Waals surface area contributed by atoms with Crippen molar-refractivity contribution in [1.29, 1.82) is 0 Å². The Hall–Kier alpha value is -3.55. The molecule has 5 rings (SSSR count). The molecule has 0 saturated heterocycles. The van der Waals surface area contributed by atoms with Crippen molar-refractivity contribution in [3.63, 3.8) is 0 Å². The Balaban J connectivity index is 1.56. The van der Waals surface area contributed by atoms with Gasteiger partial charge in [0.15, 0.2) is 5.82 Å². The lowest BCUT2D eigenvalue weighted by molar-refractivity contribution is -0.114. The zero-order chi connectivity index (χ0) is 20.7. The van der Waals surface area contributed by atoms with E-state index in [4.69, 9.17) is 5.10 Å². The Morgan fingerprint density at radius 1 is 1.10 bits per heavy atom. The summed E-state index contributed by atoms with van der Waals surface area (Å²) in [5.41, 5.74) is 1.91. The van der Waals surface area contributed by atoms with E-state index < -0.39 is 0 Å². The van der Waals surface area contributed by atoms with E-state index in [0.717, 1.165) is 18.7 Å². The molecule has 1 amide bonds. The molecule has 0 aliphatic heterocycles. The number of nitrogens with one attached hydrogen (secondary N) is 1. The second-order valence-electron chi connectivity index (χ2n) is 7.79. The molecule has 0 radical (unpaired) electrons. The molecule has 8 heteroatoms. The Morgan fingerprint density at radius 2 is 1.87 bits per heavy atom. The summed E-state index contributed by atoms with van der Waals surface area (Å²) < 4.78 is 3.25. The zero-order valence-corrected chi connectivity index (χ0v) is 16.7. The van der Waals surface area contributed by atoms with Gasteiger partial charge in [-0.3, -0.25) is 14.2 Å². The molecule has 1 saturated carbocycles. The summed E-state index contributed by atoms with van der Waals surface area (Å²) in [5.74, 6) is 1.59. The third kappa shape index (κ3) is 3.24. The third-order valence-corrected chi connectivity index (χ3v) is 5.69. The number of benzene rings is 1. The van der Waals surface area contributed by atoms with Gasteiger partial charge in [-0.1, -0.05) is 19.3 Å². The fourth-order valence-electron chi connectivity index (χ4n) is 4.18. The van der Waals surface area contributed by atoms with E-state index in [1.54, 1.807) is 45.7 Å². The van der Waals surface area contributed by atoms with E-state index in [2.05, 4.69) is 15.3 Å². The van der Waals surface area contributed by atoms with Gasteiger partial charge < -0.3 is 5.32 Å². The molecule has 0 bridgehead atoms. The lowest BCUT2D eigenvalue weighted by Crippen LogP contribution is -2.19. The summed E-state index contributed by atoms with van der Waals surface area (Å²) in [4.78, 5) is 33.4. The number of carbonyl (C=O) groups excluding carboxylic acids is 1. The summed E-state index contributed by atoms with van der Waals surface area (Å²) in [6.45, 7) is 1.46. The van der Waals surface area contributed by atoms with Crippen LogP contribution in [0.5, 0.6) is 0 Å². The van der Waals surface area contributed by atoms with Crippen LogP contribution in [0.1, 0.15) is 50.8 Å². The van der Waals surface area contributed by atoms with Gasteiger partial charge in [-0.05, 0) is 43.2 Å². The molecule has 1 aliphatic carbocycles. The molecule has 3 heterocycles. The maximum atomic E-state index is 13.1. The summed E-state index contributed by atoms with van der Waals surface area (Å²) >= 11 is 0. The zero-order valence-electron chi connectivity index (χ0n) is 16.7. The Labute approximate surface area is 172 Å². The number of hydrogen-bond acceptors (Lipinski definition) is 5. The quantitative estimate of drug-likeness (QED) is 0.567. The van der Waals surface area contributed by atoms with Gasteiger partial charge >= 0.3 is 0 Å². The van der Waals surface area contributed by atoms with Crippen LogP contribution in [-0.2, 0) is 4.79 Å². The van der Waals surface area contributed by atoms with Gasteiger partial charge in [0.25, 0.3) is 11.3 Å². The van der Waals surface area contributed by atoms with Crippen molar-refractivity contribution < 1.29 is 4.79 Å². The largest absolute Gasteiger partial charge is 0.326 e. The topological polar surface area (TPSA) is 94.2 Å². The first-order valence-electron chi connectivity index (χ1n) is 10.3. The Kier molecular flexibility index (Phi) is 4.54. The normalized spacial score (nSPS) is 15.0. The van der Waals surface area contributed by atoms with Crippen LogP contribution in [-0.4, -0.2) is 30.1 Å². The summed E-state index contributed by atoms with van der Waals surface area (Å²) in [7, 11) is 0. The fourth-order valence-corrected chi connectivity index (χ4v) is 4.18. The van der Waals surface area contributed by atoms with E-state index in [0.29, 0.717) is 34.0 Å². The van der Waals surface area contributed by atoms with Gasteiger partial charge in [-0.15, -0.1) is 5.10 Å². The highest BCUT2D eigenvalue weighted by Gasteiger charge is 2.21. The molecular formula is C22H22N6O2. The number of carbonyl (C=O) groups is 1. The van der Waals surface area contributed by atoms with Crippen molar-refractivity contribution in [2.45, 2.75) is 44.9 Å². The van der Waals surface area contributed by atoms with Gasteiger partial charge in [0.1, 0.15) is 0 Å². The number of aromatic nitrogens is 5. The number of hydrogen-bond donors (Lipinski definition) is 1. The molecule has 30 heavy (non-hydrogen) atoms. The minimum atomic E-state index is -0.177. The van der Waals surface area contributed by atoms with E-state index in [1.807, 2.05) is 6.07 Å². The highest BCUT2D eigenvalue weighted by atomic mass is 16.1. The molecular weight excluding hydrogens is 380 g/mol. The highest BCUT2D eigenvalue weighted by molar-refractivity contribution is 5.88. The average Bonchev–Trinajstić information content (AvgIpc) is 3.20. The molecule has 8 nitrogen and oxygen atoms in total. The van der Waals surface area contributed by atoms with Crippen molar-refractivity contribution >= 4 is 28.3 Å². The summed E-state index contributed by atoms with van der Waals surface area (Å²) in [5, 5.41) is 7.91. The first kappa shape index (κ1) is 18.5. The lowest BCUT2D eigenvalue weighted by atomic mass is 9.89. The standard InChI is InChI=1S/C22H22N6O2/c1-14(29)24-16-7-9-17(10-8-16)27-12-11-19-18(21(27)30)13-23-22-25-20(26-28(19)22)15-5-3-2-4-6-15/h7-13,15H,2-6H2,1H3,(H,24,29). The predicted octanol–water partition coefficient (Wildman–Crippen LogP) is 3.43. The smallest absolute Gasteiger partial charge is 0.266 e. The van der Waals surface area contributed by atoms with Crippen molar-refractivity contribution in [2.24, 2.45) is 0 Å². The number of rotatable bonds is 3. The van der Waals surface area contributed by atoms with Gasteiger partial charge in [0.05, 0.1) is 10.9 Å². The molecule has 1 aromatic carbocycles. The molecule has 1 N–H and O–H groups in total. The maximum absolute atomic E-state index is 13.1. The molecule has 0 spiro atoms. The fraction of sp³-hybridized carbons (Fsp3) is 0.318. The molecule has 0 atom stereocenters.